The van der Waals surface area contributed by atoms with Crippen LogP contribution in [0, 0.1) is 38.1 Å². The Hall–Kier alpha value is -2.78. The van der Waals surface area contributed by atoms with E-state index in [0.29, 0.717) is 11.4 Å². The van der Waals surface area contributed by atoms with Gasteiger partial charge in [-0.3, -0.25) is 9.59 Å². The number of nitrogens with zero attached hydrogens (tertiary/aromatic N) is 2. The fraction of sp³-hybridized carbons (Fsp3) is 0.417. The summed E-state index contributed by atoms with van der Waals surface area (Å²) in [5.41, 5.74) is 5.41. The number of carbonyl (C=O) groups excluding carboxylic acids is 2. The molecule has 0 bridgehead atoms. The molecule has 3 rings (SSSR count). The van der Waals surface area contributed by atoms with Gasteiger partial charge in [0.1, 0.15) is 26.2 Å². The van der Waals surface area contributed by atoms with E-state index in [1.165, 1.54) is 0 Å². The van der Waals surface area contributed by atoms with Crippen LogP contribution in [0.2, 0.25) is 0 Å². The summed E-state index contributed by atoms with van der Waals surface area (Å²) in [5, 5.41) is 31.7. The van der Waals surface area contributed by atoms with E-state index >= 15 is 0 Å². The van der Waals surface area contributed by atoms with Gasteiger partial charge in [-0.05, 0) is 51.0 Å². The van der Waals surface area contributed by atoms with Crippen LogP contribution < -0.4 is 10.6 Å². The second-order valence-electron chi connectivity index (χ2n) is 9.06. The monoisotopic (exact) mass is 440 g/mol. The van der Waals surface area contributed by atoms with Crippen molar-refractivity contribution in [1.82, 2.24) is 0 Å². The Morgan fingerprint density at radius 3 is 1.38 bits per heavy atom. The number of nitrogens with one attached hydrogen (secondary N) is 2. The molecule has 0 aromatic heterocycles. The lowest BCUT2D eigenvalue weighted by atomic mass is 10.1. The number of benzene rings is 2. The zero-order valence-electron chi connectivity index (χ0n) is 19.2. The Bertz CT molecular complexity index is 932. The highest BCUT2D eigenvalue weighted by Crippen LogP contribution is 2.21. The van der Waals surface area contributed by atoms with Gasteiger partial charge in [0.05, 0.1) is 0 Å². The molecule has 1 heterocycles. The molecule has 1 aliphatic rings. The number of carbonyl (C=O) groups is 2. The summed E-state index contributed by atoms with van der Waals surface area (Å²) in [5.74, 6) is -0.740. The third kappa shape index (κ3) is 6.14. The van der Waals surface area contributed by atoms with Crippen LogP contribution in [-0.2, 0) is 9.59 Å². The van der Waals surface area contributed by atoms with Gasteiger partial charge in [0, 0.05) is 11.4 Å². The van der Waals surface area contributed by atoms with E-state index in [4.69, 9.17) is 0 Å². The van der Waals surface area contributed by atoms with Crippen molar-refractivity contribution in [3.05, 3.63) is 69.1 Å². The van der Waals surface area contributed by atoms with E-state index in [2.05, 4.69) is 10.6 Å². The Labute approximate surface area is 189 Å². The standard InChI is InChI=1S/C24H32N4O4/c1-17-5-7-21(19(3)13-17)25-23(29)15-27(31)9-11-28(32,12-10-27)16-24(30)26-22-8-6-18(2)14-20(22)4/h5-8,13-14H,9-12,15-16H2,1-4H3,(H,25,29)(H,26,30). The quantitative estimate of drug-likeness (QED) is 0.532. The molecular weight excluding hydrogens is 408 g/mol. The fourth-order valence-electron chi connectivity index (χ4n) is 4.08. The molecule has 2 amide bonds. The van der Waals surface area contributed by atoms with E-state index in [0.717, 1.165) is 22.3 Å². The topological polar surface area (TPSA) is 104 Å². The summed E-state index contributed by atoms with van der Waals surface area (Å²) >= 11 is 0. The fourth-order valence-corrected chi connectivity index (χ4v) is 4.08. The third-order valence-corrected chi connectivity index (χ3v) is 6.01. The van der Waals surface area contributed by atoms with Gasteiger partial charge >= 0.3 is 0 Å². The summed E-state index contributed by atoms with van der Waals surface area (Å²) < 4.78 is -1.50. The molecule has 2 aromatic rings. The molecule has 8 heteroatoms. The molecule has 32 heavy (non-hydrogen) atoms. The lowest BCUT2D eigenvalue weighted by Gasteiger charge is -2.53. The van der Waals surface area contributed by atoms with Gasteiger partial charge < -0.3 is 30.3 Å². The van der Waals surface area contributed by atoms with Gasteiger partial charge in [0.25, 0.3) is 11.8 Å². The molecule has 0 atom stereocenters. The summed E-state index contributed by atoms with van der Waals surface area (Å²) in [6.07, 6.45) is 0. The molecule has 0 spiro atoms. The van der Waals surface area contributed by atoms with E-state index in [9.17, 15) is 20.0 Å². The van der Waals surface area contributed by atoms with Crippen molar-refractivity contribution in [3.8, 4) is 0 Å². The van der Waals surface area contributed by atoms with Gasteiger partial charge in [-0.2, -0.15) is 0 Å². The highest BCUT2D eigenvalue weighted by atomic mass is 16.6. The molecular formula is C24H32N4O4. The molecule has 8 nitrogen and oxygen atoms in total. The Kier molecular flexibility index (Phi) is 7.00. The predicted molar refractivity (Wildman–Crippen MR) is 126 cm³/mol. The highest BCUT2D eigenvalue weighted by molar-refractivity contribution is 5.93. The first-order valence-corrected chi connectivity index (χ1v) is 10.9. The second-order valence-corrected chi connectivity index (χ2v) is 9.06. The van der Waals surface area contributed by atoms with E-state index in [1.807, 2.05) is 64.1 Å². The highest BCUT2D eigenvalue weighted by Gasteiger charge is 2.35. The van der Waals surface area contributed by atoms with Crippen molar-refractivity contribution in [2.45, 2.75) is 27.7 Å². The molecule has 0 aliphatic carbocycles. The predicted octanol–water partition coefficient (Wildman–Crippen LogP) is 3.14. The van der Waals surface area contributed by atoms with Crippen molar-refractivity contribution < 1.29 is 18.9 Å². The van der Waals surface area contributed by atoms with Crippen molar-refractivity contribution in [2.75, 3.05) is 49.9 Å². The Balaban J connectivity index is 1.53. The number of amides is 2. The Morgan fingerprint density at radius 1 is 0.719 bits per heavy atom. The summed E-state index contributed by atoms with van der Waals surface area (Å²) in [6, 6.07) is 11.4. The molecule has 0 unspecified atom stereocenters. The maximum atomic E-state index is 13.0. The van der Waals surface area contributed by atoms with Gasteiger partial charge in [-0.25, -0.2) is 0 Å². The van der Waals surface area contributed by atoms with Crippen LogP contribution in [0.25, 0.3) is 0 Å². The van der Waals surface area contributed by atoms with E-state index in [-0.39, 0.29) is 51.1 Å². The lowest BCUT2D eigenvalue weighted by molar-refractivity contribution is -0.982. The van der Waals surface area contributed by atoms with Crippen molar-refractivity contribution >= 4 is 23.2 Å². The van der Waals surface area contributed by atoms with Crippen LogP contribution in [0.4, 0.5) is 11.4 Å². The number of hydrogen-bond donors (Lipinski definition) is 2. The van der Waals surface area contributed by atoms with Crippen molar-refractivity contribution in [1.29, 1.82) is 0 Å². The molecule has 1 aliphatic heterocycles. The molecule has 0 radical (unpaired) electrons. The number of hydroxylamine groups is 6. The van der Waals surface area contributed by atoms with Crippen LogP contribution in [0.3, 0.4) is 0 Å². The van der Waals surface area contributed by atoms with Crippen LogP contribution in [0.5, 0.6) is 0 Å². The zero-order valence-corrected chi connectivity index (χ0v) is 19.2. The maximum absolute atomic E-state index is 13.0. The van der Waals surface area contributed by atoms with Gasteiger partial charge in [-0.15, -0.1) is 0 Å². The maximum Gasteiger partial charge on any atom is 0.279 e. The molecule has 2 N–H and O–H groups in total. The zero-order chi connectivity index (χ0) is 23.5. The van der Waals surface area contributed by atoms with Crippen LogP contribution in [0.1, 0.15) is 22.3 Å². The average molecular weight is 441 g/mol. The largest absolute Gasteiger partial charge is 0.632 e. The van der Waals surface area contributed by atoms with Crippen molar-refractivity contribution in [3.63, 3.8) is 0 Å². The minimum absolute atomic E-state index is 0.000634. The van der Waals surface area contributed by atoms with Gasteiger partial charge in [0.15, 0.2) is 13.1 Å². The van der Waals surface area contributed by atoms with E-state index in [1.54, 1.807) is 0 Å². The molecule has 0 saturated carbocycles. The van der Waals surface area contributed by atoms with Crippen LogP contribution in [-0.4, -0.2) is 60.4 Å². The normalized spacial score (nSPS) is 22.9. The number of rotatable bonds is 6. The summed E-state index contributed by atoms with van der Waals surface area (Å²) in [6.45, 7) is 7.25. The van der Waals surface area contributed by atoms with E-state index < -0.39 is 9.29 Å². The number of aryl methyl sites for hydroxylation is 4. The first-order chi connectivity index (χ1) is 15.0. The SMILES string of the molecule is Cc1ccc(NC(=O)C[N+]2([O-])CC[N+]([O-])(CC(=O)Nc3ccc(C)cc3C)CC2)c(C)c1. The first-order valence-electron chi connectivity index (χ1n) is 10.9. The summed E-state index contributed by atoms with van der Waals surface area (Å²) in [7, 11) is 0. The summed E-state index contributed by atoms with van der Waals surface area (Å²) in [4.78, 5) is 24.9. The number of anilines is 2. The molecule has 2 aromatic carbocycles. The second kappa shape index (κ2) is 9.38. The van der Waals surface area contributed by atoms with Crippen LogP contribution >= 0.6 is 0 Å². The number of piperazine rings is 1. The lowest BCUT2D eigenvalue weighted by Crippen LogP contribution is -2.65. The minimum atomic E-state index is -0.752. The number of quaternary nitrogens is 2. The van der Waals surface area contributed by atoms with Gasteiger partial charge in [0.2, 0.25) is 0 Å². The molecule has 1 fully saturated rings. The minimum Gasteiger partial charge on any atom is -0.632 e. The molecule has 172 valence electrons. The Morgan fingerprint density at radius 2 is 1.06 bits per heavy atom. The van der Waals surface area contributed by atoms with Gasteiger partial charge in [-0.1, -0.05) is 35.4 Å². The van der Waals surface area contributed by atoms with Crippen molar-refractivity contribution in [2.24, 2.45) is 0 Å². The third-order valence-electron chi connectivity index (χ3n) is 6.01. The van der Waals surface area contributed by atoms with Crippen LogP contribution in [0.15, 0.2) is 36.4 Å². The average Bonchev–Trinajstić information content (AvgIpc) is 2.69. The molecule has 1 saturated heterocycles. The first kappa shape index (κ1) is 23.9. The number of hydrogen-bond acceptors (Lipinski definition) is 4. The smallest absolute Gasteiger partial charge is 0.279 e.